The average molecular weight is 553 g/mol. The summed E-state index contributed by atoms with van der Waals surface area (Å²) >= 11 is 1.44. The van der Waals surface area contributed by atoms with Crippen LogP contribution in [0.3, 0.4) is 0 Å². The first kappa shape index (κ1) is 32.4. The van der Waals surface area contributed by atoms with Crippen molar-refractivity contribution in [3.8, 4) is 0 Å². The molecule has 0 saturated heterocycles. The summed E-state index contributed by atoms with van der Waals surface area (Å²) < 4.78 is 0. The number of benzene rings is 1. The topological polar surface area (TPSA) is 237 Å². The number of carboxylic acid groups (broad SMARTS) is 1. The number of carbonyl (C=O) groups is 6. The van der Waals surface area contributed by atoms with E-state index in [0.29, 0.717) is 11.3 Å². The van der Waals surface area contributed by atoms with Crippen LogP contribution in [0.25, 0.3) is 0 Å². The van der Waals surface area contributed by atoms with Crippen LogP contribution >= 0.6 is 11.8 Å². The zero-order valence-corrected chi connectivity index (χ0v) is 22.0. The molecule has 0 aromatic heterocycles. The lowest BCUT2D eigenvalue weighted by Gasteiger charge is -2.25. The van der Waals surface area contributed by atoms with Gasteiger partial charge in [0.2, 0.25) is 29.5 Å². The highest BCUT2D eigenvalue weighted by molar-refractivity contribution is 7.98. The Morgan fingerprint density at radius 3 is 1.87 bits per heavy atom. The van der Waals surface area contributed by atoms with Gasteiger partial charge in [0.25, 0.3) is 0 Å². The van der Waals surface area contributed by atoms with E-state index in [-0.39, 0.29) is 38.5 Å². The van der Waals surface area contributed by atoms with Crippen LogP contribution in [0.2, 0.25) is 0 Å². The van der Waals surface area contributed by atoms with Crippen molar-refractivity contribution in [2.45, 2.75) is 62.7 Å². The number of nitrogens with two attached hydrogens (primary N) is 3. The van der Waals surface area contributed by atoms with Gasteiger partial charge in [-0.15, -0.1) is 0 Å². The number of thioether (sulfide) groups is 1. The van der Waals surface area contributed by atoms with Crippen LogP contribution in [0.15, 0.2) is 30.3 Å². The highest BCUT2D eigenvalue weighted by atomic mass is 32.2. The van der Waals surface area contributed by atoms with E-state index in [1.54, 1.807) is 30.3 Å². The molecule has 0 aliphatic carbocycles. The van der Waals surface area contributed by atoms with Gasteiger partial charge in [-0.25, -0.2) is 4.79 Å². The molecule has 4 atom stereocenters. The molecule has 0 radical (unpaired) electrons. The van der Waals surface area contributed by atoms with Crippen molar-refractivity contribution in [2.24, 2.45) is 17.2 Å². The summed E-state index contributed by atoms with van der Waals surface area (Å²) in [6, 6.07) is 4.01. The number of aliphatic carboxylic acids is 1. The van der Waals surface area contributed by atoms with Crippen molar-refractivity contribution in [1.82, 2.24) is 16.0 Å². The van der Waals surface area contributed by atoms with Crippen molar-refractivity contribution in [3.63, 3.8) is 0 Å². The quantitative estimate of drug-likeness (QED) is 0.111. The molecule has 14 heteroatoms. The van der Waals surface area contributed by atoms with E-state index in [2.05, 4.69) is 16.0 Å². The van der Waals surface area contributed by atoms with Crippen LogP contribution in [0.5, 0.6) is 0 Å². The summed E-state index contributed by atoms with van der Waals surface area (Å²) in [7, 11) is 0. The number of rotatable bonds is 18. The Morgan fingerprint density at radius 2 is 1.32 bits per heavy atom. The molecule has 210 valence electrons. The second kappa shape index (κ2) is 17.0. The van der Waals surface area contributed by atoms with E-state index in [1.165, 1.54) is 11.8 Å². The Balaban J connectivity index is 3.08. The first-order valence-corrected chi connectivity index (χ1v) is 13.3. The van der Waals surface area contributed by atoms with Crippen molar-refractivity contribution >= 4 is 47.3 Å². The summed E-state index contributed by atoms with van der Waals surface area (Å²) in [6.45, 7) is 0. The summed E-state index contributed by atoms with van der Waals surface area (Å²) in [5.41, 5.74) is 16.7. The monoisotopic (exact) mass is 552 g/mol. The minimum absolute atomic E-state index is 0.00104. The van der Waals surface area contributed by atoms with Crippen LogP contribution in [-0.4, -0.2) is 76.8 Å². The minimum atomic E-state index is -1.40. The number of amides is 5. The Labute approximate surface area is 225 Å². The maximum atomic E-state index is 13.2. The third-order valence-electron chi connectivity index (χ3n) is 5.49. The number of hydrogen-bond donors (Lipinski definition) is 7. The third-order valence-corrected chi connectivity index (χ3v) is 6.14. The number of carboxylic acids is 1. The lowest BCUT2D eigenvalue weighted by atomic mass is 10.0. The van der Waals surface area contributed by atoms with E-state index in [0.717, 1.165) is 0 Å². The van der Waals surface area contributed by atoms with E-state index in [4.69, 9.17) is 17.2 Å². The molecular formula is C24H36N6O7S. The van der Waals surface area contributed by atoms with Gasteiger partial charge in [0.15, 0.2) is 0 Å². The lowest BCUT2D eigenvalue weighted by Crippen LogP contribution is -2.57. The average Bonchev–Trinajstić information content (AvgIpc) is 2.86. The van der Waals surface area contributed by atoms with Gasteiger partial charge in [-0.3, -0.25) is 24.0 Å². The van der Waals surface area contributed by atoms with Crippen LogP contribution in [0, 0.1) is 0 Å². The molecule has 0 aliphatic rings. The standard InChI is InChI=1S/C24H36N6O7S/c1-38-12-11-16(28-21(33)15(25)7-9-19(26)31)22(34)30-18(13-14-5-3-2-4-6-14)23(35)29-17(24(36)37)8-10-20(27)32/h2-6,15-18H,7-13,25H2,1H3,(H2,26,31)(H2,27,32)(H,28,33)(H,29,35)(H,30,34)(H,36,37). The van der Waals surface area contributed by atoms with Gasteiger partial charge in [0.1, 0.15) is 18.1 Å². The fourth-order valence-electron chi connectivity index (χ4n) is 3.36. The van der Waals surface area contributed by atoms with Gasteiger partial charge in [-0.2, -0.15) is 11.8 Å². The summed E-state index contributed by atoms with van der Waals surface area (Å²) in [5.74, 6) is -4.31. The maximum absolute atomic E-state index is 13.2. The molecule has 10 N–H and O–H groups in total. The van der Waals surface area contributed by atoms with Crippen molar-refractivity contribution in [1.29, 1.82) is 0 Å². The van der Waals surface area contributed by atoms with Crippen LogP contribution < -0.4 is 33.2 Å². The molecule has 0 heterocycles. The molecule has 1 aromatic carbocycles. The van der Waals surface area contributed by atoms with Crippen molar-refractivity contribution in [3.05, 3.63) is 35.9 Å². The van der Waals surface area contributed by atoms with Crippen LogP contribution in [-0.2, 0) is 35.2 Å². The molecule has 38 heavy (non-hydrogen) atoms. The van der Waals surface area contributed by atoms with Crippen molar-refractivity contribution < 1.29 is 33.9 Å². The van der Waals surface area contributed by atoms with E-state index >= 15 is 0 Å². The number of nitrogens with one attached hydrogen (secondary N) is 3. The molecule has 13 nitrogen and oxygen atoms in total. The van der Waals surface area contributed by atoms with Gasteiger partial charge < -0.3 is 38.3 Å². The zero-order valence-electron chi connectivity index (χ0n) is 21.2. The second-order valence-electron chi connectivity index (χ2n) is 8.61. The third kappa shape index (κ3) is 12.5. The molecule has 1 aromatic rings. The highest BCUT2D eigenvalue weighted by Crippen LogP contribution is 2.08. The summed E-state index contributed by atoms with van der Waals surface area (Å²) in [5, 5.41) is 17.0. The zero-order chi connectivity index (χ0) is 28.7. The Bertz CT molecular complexity index is 978. The van der Waals surface area contributed by atoms with Crippen molar-refractivity contribution in [2.75, 3.05) is 12.0 Å². The van der Waals surface area contributed by atoms with E-state index in [9.17, 15) is 33.9 Å². The minimum Gasteiger partial charge on any atom is -0.480 e. The second-order valence-corrected chi connectivity index (χ2v) is 9.60. The fourth-order valence-corrected chi connectivity index (χ4v) is 3.83. The van der Waals surface area contributed by atoms with Gasteiger partial charge in [0, 0.05) is 19.3 Å². The van der Waals surface area contributed by atoms with Crippen LogP contribution in [0.1, 0.15) is 37.7 Å². The molecule has 0 saturated carbocycles. The number of hydrogen-bond acceptors (Lipinski definition) is 8. The molecule has 0 fully saturated rings. The molecule has 1 rings (SSSR count). The number of carbonyl (C=O) groups excluding carboxylic acids is 5. The molecule has 0 bridgehead atoms. The lowest BCUT2D eigenvalue weighted by molar-refractivity contribution is -0.142. The maximum Gasteiger partial charge on any atom is 0.326 e. The normalized spacial score (nSPS) is 13.8. The predicted octanol–water partition coefficient (Wildman–Crippen LogP) is -1.62. The van der Waals surface area contributed by atoms with E-state index in [1.807, 2.05) is 6.26 Å². The summed E-state index contributed by atoms with van der Waals surface area (Å²) in [6.07, 6.45) is 1.48. The van der Waals surface area contributed by atoms with Crippen LogP contribution in [0.4, 0.5) is 0 Å². The highest BCUT2D eigenvalue weighted by Gasteiger charge is 2.30. The molecule has 4 unspecified atom stereocenters. The molecule has 0 spiro atoms. The smallest absolute Gasteiger partial charge is 0.326 e. The Morgan fingerprint density at radius 1 is 0.789 bits per heavy atom. The Hall–Kier alpha value is -3.65. The SMILES string of the molecule is CSCCC(NC(=O)C(N)CCC(N)=O)C(=O)NC(Cc1ccccc1)C(=O)NC(CCC(N)=O)C(=O)O. The number of primary amides is 2. The Kier molecular flexibility index (Phi) is 14.5. The summed E-state index contributed by atoms with van der Waals surface area (Å²) in [4.78, 5) is 72.5. The fraction of sp³-hybridized carbons (Fsp3) is 0.500. The largest absolute Gasteiger partial charge is 0.480 e. The first-order valence-electron chi connectivity index (χ1n) is 11.9. The first-order chi connectivity index (χ1) is 17.9. The molecule has 5 amide bonds. The van der Waals surface area contributed by atoms with E-state index < -0.39 is 59.7 Å². The molecular weight excluding hydrogens is 516 g/mol. The van der Waals surface area contributed by atoms with Gasteiger partial charge in [-0.05, 0) is 36.8 Å². The van der Waals surface area contributed by atoms with Gasteiger partial charge in [0.05, 0.1) is 6.04 Å². The predicted molar refractivity (Wildman–Crippen MR) is 141 cm³/mol. The van der Waals surface area contributed by atoms with Gasteiger partial charge in [-0.1, -0.05) is 30.3 Å². The van der Waals surface area contributed by atoms with Gasteiger partial charge >= 0.3 is 5.97 Å². The molecule has 0 aliphatic heterocycles.